The summed E-state index contributed by atoms with van der Waals surface area (Å²) in [5.74, 6) is 0.380. The molecule has 1 saturated carbocycles. The average molecular weight is 306 g/mol. The summed E-state index contributed by atoms with van der Waals surface area (Å²) in [4.78, 5) is 0. The third kappa shape index (κ3) is 1.58. The maximum Gasteiger partial charge on any atom is 0.0937 e. The van der Waals surface area contributed by atoms with E-state index >= 15 is 0 Å². The zero-order valence-corrected chi connectivity index (χ0v) is 10.4. The molecule has 2 atom stereocenters. The highest BCUT2D eigenvalue weighted by Crippen LogP contribution is 2.53. The van der Waals surface area contributed by atoms with Gasteiger partial charge in [-0.05, 0) is 30.0 Å². The summed E-state index contributed by atoms with van der Waals surface area (Å²) in [6, 6.07) is 5.90. The van der Waals surface area contributed by atoms with Crippen LogP contribution in [0.3, 0.4) is 0 Å². The normalized spacial score (nSPS) is 31.8. The van der Waals surface area contributed by atoms with E-state index in [-0.39, 0.29) is 0 Å². The van der Waals surface area contributed by atoms with Gasteiger partial charge in [-0.2, -0.15) is 0 Å². The van der Waals surface area contributed by atoms with Gasteiger partial charge in [0.25, 0.3) is 0 Å². The van der Waals surface area contributed by atoms with Crippen molar-refractivity contribution in [1.82, 2.24) is 0 Å². The summed E-state index contributed by atoms with van der Waals surface area (Å²) in [5, 5.41) is 10.1. The Morgan fingerprint density at radius 1 is 1.46 bits per heavy atom. The average Bonchev–Trinajstić information content (AvgIpc) is 2.59. The minimum absolute atomic E-state index is 0.380. The Kier molecular flexibility index (Phi) is 2.29. The lowest BCUT2D eigenvalue weighted by atomic mass is 10.1. The van der Waals surface area contributed by atoms with E-state index in [0.29, 0.717) is 5.92 Å². The lowest BCUT2D eigenvalue weighted by molar-refractivity contribution is 0.134. The van der Waals surface area contributed by atoms with Crippen LogP contribution in [0.25, 0.3) is 0 Å². The topological polar surface area (TPSA) is 20.2 Å². The van der Waals surface area contributed by atoms with Crippen molar-refractivity contribution in [1.29, 1.82) is 0 Å². The van der Waals surface area contributed by atoms with Crippen molar-refractivity contribution in [2.45, 2.75) is 18.9 Å². The highest BCUT2D eigenvalue weighted by molar-refractivity contribution is 9.11. The fourth-order valence-electron chi connectivity index (χ4n) is 1.62. The molecule has 1 nitrogen and oxygen atoms in total. The molecule has 1 aromatic carbocycles. The van der Waals surface area contributed by atoms with Crippen LogP contribution in [0.1, 0.15) is 18.9 Å². The van der Waals surface area contributed by atoms with E-state index < -0.39 is 5.60 Å². The minimum atomic E-state index is -0.584. The Morgan fingerprint density at radius 2 is 2.08 bits per heavy atom. The maximum absolute atomic E-state index is 10.1. The molecule has 1 aliphatic rings. The van der Waals surface area contributed by atoms with E-state index in [1.165, 1.54) is 0 Å². The molecule has 2 rings (SSSR count). The van der Waals surface area contributed by atoms with Gasteiger partial charge < -0.3 is 5.11 Å². The molecule has 0 spiro atoms. The first-order valence-corrected chi connectivity index (χ1v) is 5.80. The summed E-state index contributed by atoms with van der Waals surface area (Å²) >= 11 is 6.85. The monoisotopic (exact) mass is 304 g/mol. The number of benzene rings is 1. The quantitative estimate of drug-likeness (QED) is 0.843. The van der Waals surface area contributed by atoms with E-state index in [2.05, 4.69) is 38.8 Å². The van der Waals surface area contributed by atoms with Gasteiger partial charge in [0.05, 0.1) is 5.60 Å². The zero-order valence-electron chi connectivity index (χ0n) is 7.22. The van der Waals surface area contributed by atoms with Crippen LogP contribution in [0, 0.1) is 5.92 Å². The Balaban J connectivity index is 2.42. The van der Waals surface area contributed by atoms with Crippen molar-refractivity contribution in [2.24, 2.45) is 5.92 Å². The zero-order chi connectivity index (χ0) is 9.64. The van der Waals surface area contributed by atoms with Crippen molar-refractivity contribution >= 4 is 31.9 Å². The third-order valence-electron chi connectivity index (χ3n) is 2.67. The SMILES string of the molecule is CC1CC1(O)c1ccc(Br)cc1Br. The van der Waals surface area contributed by atoms with Crippen LogP contribution in [-0.4, -0.2) is 5.11 Å². The van der Waals surface area contributed by atoms with Crippen LogP contribution in [0.15, 0.2) is 27.1 Å². The van der Waals surface area contributed by atoms with Gasteiger partial charge in [0.15, 0.2) is 0 Å². The summed E-state index contributed by atoms with van der Waals surface area (Å²) in [7, 11) is 0. The molecule has 2 unspecified atom stereocenters. The summed E-state index contributed by atoms with van der Waals surface area (Å²) in [6.07, 6.45) is 0.868. The number of halogens is 2. The summed E-state index contributed by atoms with van der Waals surface area (Å²) in [6.45, 7) is 2.06. The van der Waals surface area contributed by atoms with Crippen LogP contribution < -0.4 is 0 Å². The molecular weight excluding hydrogens is 296 g/mol. The number of aliphatic hydroxyl groups is 1. The predicted molar refractivity (Wildman–Crippen MR) is 59.5 cm³/mol. The van der Waals surface area contributed by atoms with E-state index in [9.17, 15) is 5.11 Å². The Labute approximate surface area is 94.4 Å². The number of rotatable bonds is 1. The van der Waals surface area contributed by atoms with Crippen LogP contribution >= 0.6 is 31.9 Å². The third-order valence-corrected chi connectivity index (χ3v) is 3.82. The molecule has 0 aromatic heterocycles. The predicted octanol–water partition coefficient (Wildman–Crippen LogP) is 3.44. The fourth-order valence-corrected chi connectivity index (χ4v) is 3.01. The van der Waals surface area contributed by atoms with Gasteiger partial charge in [-0.1, -0.05) is 44.8 Å². The van der Waals surface area contributed by atoms with Crippen molar-refractivity contribution in [2.75, 3.05) is 0 Å². The molecule has 0 radical (unpaired) electrons. The summed E-state index contributed by atoms with van der Waals surface area (Å²) < 4.78 is 2.01. The second-order valence-corrected chi connectivity index (χ2v) is 5.42. The van der Waals surface area contributed by atoms with Gasteiger partial charge >= 0.3 is 0 Å². The van der Waals surface area contributed by atoms with Crippen LogP contribution in [-0.2, 0) is 5.60 Å². The van der Waals surface area contributed by atoms with Crippen molar-refractivity contribution in [3.63, 3.8) is 0 Å². The fraction of sp³-hybridized carbons (Fsp3) is 0.400. The van der Waals surface area contributed by atoms with Gasteiger partial charge in [0.1, 0.15) is 0 Å². The molecule has 70 valence electrons. The molecule has 0 aliphatic heterocycles. The highest BCUT2D eigenvalue weighted by atomic mass is 79.9. The first kappa shape index (κ1) is 9.69. The van der Waals surface area contributed by atoms with Gasteiger partial charge in [-0.15, -0.1) is 0 Å². The molecule has 0 amide bonds. The first-order valence-electron chi connectivity index (χ1n) is 4.22. The standard InChI is InChI=1S/C10H10Br2O/c1-6-5-10(6,13)8-3-2-7(11)4-9(8)12/h2-4,6,13H,5H2,1H3. The lowest BCUT2D eigenvalue weighted by Gasteiger charge is -2.11. The molecule has 3 heteroatoms. The maximum atomic E-state index is 10.1. The van der Waals surface area contributed by atoms with E-state index in [4.69, 9.17) is 0 Å². The molecular formula is C10H10Br2O. The molecule has 1 fully saturated rings. The molecule has 1 aromatic rings. The largest absolute Gasteiger partial charge is 0.385 e. The molecule has 1 aliphatic carbocycles. The van der Waals surface area contributed by atoms with Crippen LogP contribution in [0.2, 0.25) is 0 Å². The van der Waals surface area contributed by atoms with E-state index in [1.54, 1.807) is 0 Å². The number of hydrogen-bond acceptors (Lipinski definition) is 1. The van der Waals surface area contributed by atoms with Crippen molar-refractivity contribution in [3.8, 4) is 0 Å². The Bertz CT molecular complexity index is 351. The molecule has 0 bridgehead atoms. The van der Waals surface area contributed by atoms with Crippen LogP contribution in [0.4, 0.5) is 0 Å². The van der Waals surface area contributed by atoms with Crippen molar-refractivity contribution < 1.29 is 5.11 Å². The van der Waals surface area contributed by atoms with Gasteiger partial charge in [0, 0.05) is 8.95 Å². The minimum Gasteiger partial charge on any atom is -0.385 e. The summed E-state index contributed by atoms with van der Waals surface area (Å²) in [5.41, 5.74) is 0.419. The van der Waals surface area contributed by atoms with Gasteiger partial charge in [0.2, 0.25) is 0 Å². The smallest absolute Gasteiger partial charge is 0.0937 e. The van der Waals surface area contributed by atoms with Crippen molar-refractivity contribution in [3.05, 3.63) is 32.7 Å². The second kappa shape index (κ2) is 3.07. The molecule has 0 saturated heterocycles. The van der Waals surface area contributed by atoms with E-state index in [1.807, 2.05) is 18.2 Å². The molecule has 0 heterocycles. The Hall–Kier alpha value is 0.140. The number of hydrogen-bond donors (Lipinski definition) is 1. The van der Waals surface area contributed by atoms with Gasteiger partial charge in [-0.3, -0.25) is 0 Å². The molecule has 13 heavy (non-hydrogen) atoms. The Morgan fingerprint density at radius 3 is 2.54 bits per heavy atom. The first-order chi connectivity index (χ1) is 6.04. The van der Waals surface area contributed by atoms with Crippen LogP contribution in [0.5, 0.6) is 0 Å². The second-order valence-electron chi connectivity index (χ2n) is 3.65. The molecule has 1 N–H and O–H groups in total. The van der Waals surface area contributed by atoms with Gasteiger partial charge in [-0.25, -0.2) is 0 Å². The highest BCUT2D eigenvalue weighted by Gasteiger charge is 2.51. The van der Waals surface area contributed by atoms with E-state index in [0.717, 1.165) is 20.9 Å². The lowest BCUT2D eigenvalue weighted by Crippen LogP contribution is -2.08.